The molecule has 0 aromatic heterocycles. The lowest BCUT2D eigenvalue weighted by Gasteiger charge is -2.30. The van der Waals surface area contributed by atoms with Gasteiger partial charge in [0, 0.05) is 5.54 Å². The van der Waals surface area contributed by atoms with Gasteiger partial charge in [-0.3, -0.25) is 4.79 Å². The summed E-state index contributed by atoms with van der Waals surface area (Å²) in [4.78, 5) is 10.5. The van der Waals surface area contributed by atoms with Crippen LogP contribution in [-0.4, -0.2) is 16.6 Å². The number of aliphatic carboxylic acids is 1. The van der Waals surface area contributed by atoms with Gasteiger partial charge in [-0.15, -0.1) is 0 Å². The van der Waals surface area contributed by atoms with Crippen LogP contribution in [0.1, 0.15) is 40.5 Å². The average Bonchev–Trinajstić information content (AvgIpc) is 1.48. The van der Waals surface area contributed by atoms with Gasteiger partial charge in [-0.1, -0.05) is 13.8 Å². The fourth-order valence-electron chi connectivity index (χ4n) is 1.71. The Labute approximate surface area is 74.0 Å². The molecule has 0 unspecified atom stereocenters. The third-order valence-corrected chi connectivity index (χ3v) is 1.56. The monoisotopic (exact) mass is 173 g/mol. The molecule has 0 fully saturated rings. The molecular weight excluding hydrogens is 154 g/mol. The van der Waals surface area contributed by atoms with Crippen LogP contribution in [-0.2, 0) is 4.79 Å². The molecule has 0 radical (unpaired) electrons. The topological polar surface area (TPSA) is 63.3 Å². The number of nitrogens with two attached hydrogens (primary N) is 1. The first kappa shape index (κ1) is 11.4. The second-order valence-corrected chi connectivity index (χ2v) is 4.90. The molecule has 12 heavy (non-hydrogen) atoms. The summed E-state index contributed by atoms with van der Waals surface area (Å²) in [6.07, 6.45) is 0.889. The van der Waals surface area contributed by atoms with Crippen LogP contribution in [0.25, 0.3) is 0 Å². The lowest BCUT2D eigenvalue weighted by Crippen LogP contribution is -2.38. The van der Waals surface area contributed by atoms with Crippen molar-refractivity contribution >= 4 is 5.97 Å². The van der Waals surface area contributed by atoms with Gasteiger partial charge in [0.05, 0.1) is 6.42 Å². The first-order chi connectivity index (χ1) is 5.12. The molecule has 0 aliphatic heterocycles. The Morgan fingerprint density at radius 1 is 1.33 bits per heavy atom. The molecule has 3 N–H and O–H groups in total. The van der Waals surface area contributed by atoms with Crippen molar-refractivity contribution in [3.63, 3.8) is 0 Å². The molecule has 3 heteroatoms. The highest BCUT2D eigenvalue weighted by molar-refractivity contribution is 5.67. The van der Waals surface area contributed by atoms with Crippen LogP contribution >= 0.6 is 0 Å². The van der Waals surface area contributed by atoms with E-state index in [1.54, 1.807) is 0 Å². The highest BCUT2D eigenvalue weighted by Gasteiger charge is 2.27. The van der Waals surface area contributed by atoms with Gasteiger partial charge in [-0.25, -0.2) is 0 Å². The number of carboxylic acid groups (broad SMARTS) is 1. The average molecular weight is 173 g/mol. The standard InChI is InChI=1S/C9H19NO2/c1-8(2,5-7(11)12)6-9(3,4)10/h5-6,10H2,1-4H3,(H,11,12). The molecule has 0 aliphatic rings. The van der Waals surface area contributed by atoms with Gasteiger partial charge >= 0.3 is 5.97 Å². The number of carboxylic acids is 1. The molecule has 0 saturated heterocycles. The third-order valence-electron chi connectivity index (χ3n) is 1.56. The van der Waals surface area contributed by atoms with Crippen LogP contribution in [0.15, 0.2) is 0 Å². The maximum atomic E-state index is 10.5. The van der Waals surface area contributed by atoms with E-state index in [2.05, 4.69) is 0 Å². The van der Waals surface area contributed by atoms with Crippen molar-refractivity contribution in [3.05, 3.63) is 0 Å². The van der Waals surface area contributed by atoms with Crippen molar-refractivity contribution in [1.29, 1.82) is 0 Å². The lowest BCUT2D eigenvalue weighted by molar-refractivity contribution is -0.139. The molecule has 3 nitrogen and oxygen atoms in total. The van der Waals surface area contributed by atoms with Gasteiger partial charge in [0.25, 0.3) is 0 Å². The van der Waals surface area contributed by atoms with E-state index in [-0.39, 0.29) is 17.4 Å². The molecule has 0 bridgehead atoms. The molecule has 0 aromatic carbocycles. The summed E-state index contributed by atoms with van der Waals surface area (Å²) < 4.78 is 0. The number of hydrogen-bond donors (Lipinski definition) is 2. The van der Waals surface area contributed by atoms with Crippen molar-refractivity contribution in [1.82, 2.24) is 0 Å². The maximum Gasteiger partial charge on any atom is 0.303 e. The van der Waals surface area contributed by atoms with E-state index < -0.39 is 5.97 Å². The van der Waals surface area contributed by atoms with Gasteiger partial charge in [-0.05, 0) is 25.7 Å². The van der Waals surface area contributed by atoms with Crippen molar-refractivity contribution < 1.29 is 9.90 Å². The molecular formula is C9H19NO2. The van der Waals surface area contributed by atoms with E-state index in [1.165, 1.54) is 0 Å². The summed E-state index contributed by atoms with van der Waals surface area (Å²) >= 11 is 0. The molecule has 72 valence electrons. The zero-order valence-electron chi connectivity index (χ0n) is 8.35. The van der Waals surface area contributed by atoms with E-state index in [1.807, 2.05) is 27.7 Å². The zero-order valence-corrected chi connectivity index (χ0v) is 8.35. The van der Waals surface area contributed by atoms with E-state index in [0.29, 0.717) is 6.42 Å². The zero-order chi connectivity index (χ0) is 9.99. The van der Waals surface area contributed by atoms with Crippen LogP contribution in [0.2, 0.25) is 0 Å². The minimum absolute atomic E-state index is 0.174. The summed E-state index contributed by atoms with van der Waals surface area (Å²) in [6, 6.07) is 0. The van der Waals surface area contributed by atoms with Crippen LogP contribution < -0.4 is 5.73 Å². The Balaban J connectivity index is 4.13. The molecule has 0 heterocycles. The number of hydrogen-bond acceptors (Lipinski definition) is 2. The molecule has 0 rings (SSSR count). The van der Waals surface area contributed by atoms with Crippen LogP contribution in [0.4, 0.5) is 0 Å². The molecule has 0 atom stereocenters. The van der Waals surface area contributed by atoms with Crippen molar-refractivity contribution in [3.8, 4) is 0 Å². The van der Waals surface area contributed by atoms with Gasteiger partial charge in [-0.2, -0.15) is 0 Å². The largest absolute Gasteiger partial charge is 0.481 e. The second-order valence-electron chi connectivity index (χ2n) is 4.90. The van der Waals surface area contributed by atoms with Crippen LogP contribution in [0, 0.1) is 5.41 Å². The van der Waals surface area contributed by atoms with Gasteiger partial charge in [0.15, 0.2) is 0 Å². The van der Waals surface area contributed by atoms with Gasteiger partial charge in [0.1, 0.15) is 0 Å². The fourth-order valence-corrected chi connectivity index (χ4v) is 1.71. The van der Waals surface area contributed by atoms with E-state index in [0.717, 1.165) is 0 Å². The Hall–Kier alpha value is -0.570. The number of carbonyl (C=O) groups is 1. The Morgan fingerprint density at radius 3 is 2.00 bits per heavy atom. The SMILES string of the molecule is CC(C)(N)CC(C)(C)CC(=O)O. The van der Waals surface area contributed by atoms with Gasteiger partial charge in [0.2, 0.25) is 0 Å². The second kappa shape index (κ2) is 3.44. The van der Waals surface area contributed by atoms with Gasteiger partial charge < -0.3 is 10.8 Å². The Morgan fingerprint density at radius 2 is 1.75 bits per heavy atom. The highest BCUT2D eigenvalue weighted by Crippen LogP contribution is 2.29. The Kier molecular flexibility index (Phi) is 3.27. The smallest absolute Gasteiger partial charge is 0.303 e. The van der Waals surface area contributed by atoms with Crippen molar-refractivity contribution in [2.45, 2.75) is 46.1 Å². The highest BCUT2D eigenvalue weighted by atomic mass is 16.4. The third kappa shape index (κ3) is 6.16. The molecule has 0 amide bonds. The predicted molar refractivity (Wildman–Crippen MR) is 48.9 cm³/mol. The van der Waals surface area contributed by atoms with Crippen LogP contribution in [0.3, 0.4) is 0 Å². The van der Waals surface area contributed by atoms with Crippen molar-refractivity contribution in [2.24, 2.45) is 11.1 Å². The number of rotatable bonds is 4. The van der Waals surface area contributed by atoms with E-state index >= 15 is 0 Å². The normalized spacial score (nSPS) is 13.1. The van der Waals surface area contributed by atoms with Crippen LogP contribution in [0.5, 0.6) is 0 Å². The molecule has 0 aliphatic carbocycles. The maximum absolute atomic E-state index is 10.5. The lowest BCUT2D eigenvalue weighted by atomic mass is 9.78. The molecule has 0 saturated carbocycles. The summed E-state index contributed by atoms with van der Waals surface area (Å²) in [7, 11) is 0. The molecule has 0 spiro atoms. The van der Waals surface area contributed by atoms with Crippen molar-refractivity contribution in [2.75, 3.05) is 0 Å². The first-order valence-electron chi connectivity index (χ1n) is 4.13. The summed E-state index contributed by atoms with van der Waals surface area (Å²) in [5.74, 6) is -0.760. The van der Waals surface area contributed by atoms with E-state index in [4.69, 9.17) is 10.8 Å². The summed E-state index contributed by atoms with van der Waals surface area (Å²) in [5.41, 5.74) is 5.29. The fraction of sp³-hybridized carbons (Fsp3) is 0.889. The predicted octanol–water partition coefficient (Wildman–Crippen LogP) is 1.61. The quantitative estimate of drug-likeness (QED) is 0.679. The molecule has 0 aromatic rings. The summed E-state index contributed by atoms with van der Waals surface area (Å²) in [5, 5.41) is 8.61. The first-order valence-corrected chi connectivity index (χ1v) is 4.13. The summed E-state index contributed by atoms with van der Waals surface area (Å²) in [6.45, 7) is 7.68. The van der Waals surface area contributed by atoms with E-state index in [9.17, 15) is 4.79 Å². The minimum atomic E-state index is -0.760. The minimum Gasteiger partial charge on any atom is -0.481 e. The Bertz CT molecular complexity index is 168.